The summed E-state index contributed by atoms with van der Waals surface area (Å²) in [6.45, 7) is 3.98. The van der Waals surface area contributed by atoms with Gasteiger partial charge in [0.25, 0.3) is 0 Å². The molecule has 0 saturated carbocycles. The van der Waals surface area contributed by atoms with Crippen molar-refractivity contribution in [1.29, 1.82) is 0 Å². The third-order valence-corrected chi connectivity index (χ3v) is 3.07. The van der Waals surface area contributed by atoms with Gasteiger partial charge in [-0.05, 0) is 42.8 Å². The van der Waals surface area contributed by atoms with E-state index in [0.29, 0.717) is 18.0 Å². The largest absolute Gasteiger partial charge is 0.494 e. The molecule has 0 aliphatic heterocycles. The Hall–Kier alpha value is -2.82. The molecular weight excluding hydrogens is 292 g/mol. The number of rotatable bonds is 6. The lowest BCUT2D eigenvalue weighted by atomic mass is 10.1. The first-order chi connectivity index (χ1) is 11.1. The van der Waals surface area contributed by atoms with Gasteiger partial charge in [0.15, 0.2) is 0 Å². The van der Waals surface area contributed by atoms with E-state index in [1.807, 2.05) is 31.2 Å². The van der Waals surface area contributed by atoms with E-state index in [0.717, 1.165) is 11.3 Å². The second kappa shape index (κ2) is 7.98. The first-order valence-corrected chi connectivity index (χ1v) is 7.46. The smallest absolute Gasteiger partial charge is 0.228 e. The Balaban J connectivity index is 1.95. The predicted molar refractivity (Wildman–Crippen MR) is 90.7 cm³/mol. The molecule has 0 unspecified atom stereocenters. The van der Waals surface area contributed by atoms with E-state index in [9.17, 15) is 9.59 Å². The number of hydrogen-bond acceptors (Lipinski definition) is 3. The van der Waals surface area contributed by atoms with E-state index in [1.165, 1.54) is 6.92 Å². The van der Waals surface area contributed by atoms with Crippen molar-refractivity contribution in [3.05, 3.63) is 54.1 Å². The lowest BCUT2D eigenvalue weighted by Gasteiger charge is -2.08. The Kier molecular flexibility index (Phi) is 5.74. The molecule has 0 aliphatic rings. The topological polar surface area (TPSA) is 67.4 Å². The maximum absolute atomic E-state index is 12.1. The summed E-state index contributed by atoms with van der Waals surface area (Å²) < 4.78 is 5.37. The molecule has 2 rings (SSSR count). The highest BCUT2D eigenvalue weighted by molar-refractivity contribution is 5.94. The molecule has 0 heterocycles. The van der Waals surface area contributed by atoms with Gasteiger partial charge in [0.05, 0.1) is 13.0 Å². The number of hydrogen-bond donors (Lipinski definition) is 2. The van der Waals surface area contributed by atoms with E-state index in [2.05, 4.69) is 10.6 Å². The molecule has 2 aromatic rings. The molecule has 120 valence electrons. The van der Waals surface area contributed by atoms with E-state index < -0.39 is 0 Å². The molecule has 2 N–H and O–H groups in total. The summed E-state index contributed by atoms with van der Waals surface area (Å²) in [5.74, 6) is 0.525. The maximum atomic E-state index is 12.1. The quantitative estimate of drug-likeness (QED) is 0.860. The Labute approximate surface area is 135 Å². The second-order valence-corrected chi connectivity index (χ2v) is 5.06. The molecule has 5 nitrogen and oxygen atoms in total. The molecule has 0 radical (unpaired) electrons. The zero-order valence-electron chi connectivity index (χ0n) is 13.3. The van der Waals surface area contributed by atoms with Crippen LogP contribution in [0, 0.1) is 0 Å². The van der Waals surface area contributed by atoms with Gasteiger partial charge in [-0.25, -0.2) is 0 Å². The summed E-state index contributed by atoms with van der Waals surface area (Å²) >= 11 is 0. The Bertz CT molecular complexity index is 681. The minimum Gasteiger partial charge on any atom is -0.494 e. The second-order valence-electron chi connectivity index (χ2n) is 5.06. The van der Waals surface area contributed by atoms with Crippen molar-refractivity contribution in [1.82, 2.24) is 0 Å². The van der Waals surface area contributed by atoms with Crippen LogP contribution in [0.5, 0.6) is 5.75 Å². The van der Waals surface area contributed by atoms with Crippen LogP contribution in [0.2, 0.25) is 0 Å². The highest BCUT2D eigenvalue weighted by Gasteiger charge is 2.05. The lowest BCUT2D eigenvalue weighted by molar-refractivity contribution is -0.115. The minimum absolute atomic E-state index is 0.117. The van der Waals surface area contributed by atoms with Crippen molar-refractivity contribution in [2.45, 2.75) is 20.3 Å². The highest BCUT2D eigenvalue weighted by atomic mass is 16.5. The Morgan fingerprint density at radius 1 is 1.00 bits per heavy atom. The Morgan fingerprint density at radius 2 is 1.65 bits per heavy atom. The molecule has 0 aliphatic carbocycles. The molecule has 0 fully saturated rings. The lowest BCUT2D eigenvalue weighted by Crippen LogP contribution is -2.14. The molecule has 0 bridgehead atoms. The van der Waals surface area contributed by atoms with Crippen molar-refractivity contribution in [2.24, 2.45) is 0 Å². The van der Waals surface area contributed by atoms with Crippen molar-refractivity contribution in [2.75, 3.05) is 17.2 Å². The van der Waals surface area contributed by atoms with Crippen LogP contribution in [0.1, 0.15) is 19.4 Å². The first-order valence-electron chi connectivity index (χ1n) is 7.46. The Morgan fingerprint density at radius 3 is 2.26 bits per heavy atom. The van der Waals surface area contributed by atoms with Gasteiger partial charge in [0.1, 0.15) is 5.75 Å². The molecule has 0 aromatic heterocycles. The number of anilines is 2. The van der Waals surface area contributed by atoms with Crippen LogP contribution in [0.25, 0.3) is 0 Å². The van der Waals surface area contributed by atoms with Crippen molar-refractivity contribution >= 4 is 23.2 Å². The fourth-order valence-electron chi connectivity index (χ4n) is 2.14. The zero-order chi connectivity index (χ0) is 16.7. The van der Waals surface area contributed by atoms with Crippen LogP contribution in [0.3, 0.4) is 0 Å². The average Bonchev–Trinajstić information content (AvgIpc) is 2.49. The SMILES string of the molecule is CCOc1ccc(CC(=O)Nc2cccc(NC(C)=O)c2)cc1. The molecule has 0 atom stereocenters. The monoisotopic (exact) mass is 312 g/mol. The normalized spacial score (nSPS) is 10.0. The van der Waals surface area contributed by atoms with Gasteiger partial charge in [-0.3, -0.25) is 9.59 Å². The van der Waals surface area contributed by atoms with Crippen molar-refractivity contribution in [3.8, 4) is 5.75 Å². The summed E-state index contributed by atoms with van der Waals surface area (Å²) in [5.41, 5.74) is 2.20. The summed E-state index contributed by atoms with van der Waals surface area (Å²) in [6, 6.07) is 14.5. The van der Waals surface area contributed by atoms with Crippen molar-refractivity contribution < 1.29 is 14.3 Å². The molecule has 23 heavy (non-hydrogen) atoms. The predicted octanol–water partition coefficient (Wildman–Crippen LogP) is 3.22. The van der Waals surface area contributed by atoms with Gasteiger partial charge in [-0.15, -0.1) is 0 Å². The number of carbonyl (C=O) groups excluding carboxylic acids is 2. The van der Waals surface area contributed by atoms with Crippen LogP contribution in [0.4, 0.5) is 11.4 Å². The highest BCUT2D eigenvalue weighted by Crippen LogP contribution is 2.16. The van der Waals surface area contributed by atoms with Crippen LogP contribution < -0.4 is 15.4 Å². The van der Waals surface area contributed by atoms with Gasteiger partial charge in [-0.2, -0.15) is 0 Å². The summed E-state index contributed by atoms with van der Waals surface area (Å²) in [5, 5.41) is 5.50. The molecule has 0 spiro atoms. The van der Waals surface area contributed by atoms with E-state index in [1.54, 1.807) is 24.3 Å². The first kappa shape index (κ1) is 16.5. The fraction of sp³-hybridized carbons (Fsp3) is 0.222. The number of nitrogens with one attached hydrogen (secondary N) is 2. The number of amides is 2. The van der Waals surface area contributed by atoms with Crippen LogP contribution in [0.15, 0.2) is 48.5 Å². The summed E-state index contributed by atoms with van der Waals surface area (Å²) in [4.78, 5) is 23.1. The fourth-order valence-corrected chi connectivity index (χ4v) is 2.14. The molecular formula is C18H20N2O3. The molecule has 5 heteroatoms. The molecule has 2 amide bonds. The van der Waals surface area contributed by atoms with Gasteiger partial charge in [0.2, 0.25) is 11.8 Å². The number of carbonyl (C=O) groups is 2. The van der Waals surface area contributed by atoms with Gasteiger partial charge in [0, 0.05) is 18.3 Å². The van der Waals surface area contributed by atoms with Gasteiger partial charge < -0.3 is 15.4 Å². The van der Waals surface area contributed by atoms with Gasteiger partial charge in [-0.1, -0.05) is 18.2 Å². The van der Waals surface area contributed by atoms with E-state index in [-0.39, 0.29) is 18.2 Å². The number of benzene rings is 2. The molecule has 0 saturated heterocycles. The van der Waals surface area contributed by atoms with Gasteiger partial charge >= 0.3 is 0 Å². The average molecular weight is 312 g/mol. The number of ether oxygens (including phenoxy) is 1. The summed E-state index contributed by atoms with van der Waals surface area (Å²) in [6.07, 6.45) is 0.275. The van der Waals surface area contributed by atoms with E-state index in [4.69, 9.17) is 4.74 Å². The molecule has 2 aromatic carbocycles. The third-order valence-electron chi connectivity index (χ3n) is 3.07. The third kappa shape index (κ3) is 5.47. The zero-order valence-corrected chi connectivity index (χ0v) is 13.3. The standard InChI is InChI=1S/C18H20N2O3/c1-3-23-17-9-7-14(8-10-17)11-18(22)20-16-6-4-5-15(12-16)19-13(2)21/h4-10,12H,3,11H2,1-2H3,(H,19,21)(H,20,22). The maximum Gasteiger partial charge on any atom is 0.228 e. The van der Waals surface area contributed by atoms with Crippen LogP contribution >= 0.6 is 0 Å². The van der Waals surface area contributed by atoms with Crippen LogP contribution in [-0.2, 0) is 16.0 Å². The van der Waals surface area contributed by atoms with E-state index >= 15 is 0 Å². The van der Waals surface area contributed by atoms with Crippen LogP contribution in [-0.4, -0.2) is 18.4 Å². The van der Waals surface area contributed by atoms with Crippen molar-refractivity contribution in [3.63, 3.8) is 0 Å². The summed E-state index contributed by atoms with van der Waals surface area (Å²) in [7, 11) is 0. The minimum atomic E-state index is -0.150.